The van der Waals surface area contributed by atoms with Crippen LogP contribution in [0, 0.1) is 17.3 Å². The standard InChI is InChI=1S/C13H19NO/c1-12(2)10-5-3-4-9-6-7-14-13(8-10,15-14)11(9)12/h4,10-11H,3,5-8H2,1-2H3. The van der Waals surface area contributed by atoms with E-state index >= 15 is 0 Å². The lowest BCUT2D eigenvalue weighted by molar-refractivity contribution is 0.176. The third-order valence-corrected chi connectivity index (χ3v) is 5.34. The molecule has 1 spiro atoms. The molecule has 4 atom stereocenters. The van der Waals surface area contributed by atoms with Crippen molar-refractivity contribution in [2.75, 3.05) is 6.54 Å². The zero-order valence-electron chi connectivity index (χ0n) is 9.62. The van der Waals surface area contributed by atoms with Gasteiger partial charge in [0, 0.05) is 12.5 Å². The second-order valence-electron chi connectivity index (χ2n) is 6.30. The summed E-state index contributed by atoms with van der Waals surface area (Å²) in [6.45, 7) is 6.05. The third-order valence-electron chi connectivity index (χ3n) is 5.34. The Morgan fingerprint density at radius 2 is 2.33 bits per heavy atom. The van der Waals surface area contributed by atoms with Gasteiger partial charge in [0.25, 0.3) is 0 Å². The minimum Gasteiger partial charge on any atom is -0.271 e. The number of allylic oxidation sites excluding steroid dienone is 1. The molecule has 15 heavy (non-hydrogen) atoms. The highest BCUT2D eigenvalue weighted by atomic mass is 16.9. The molecule has 2 bridgehead atoms. The van der Waals surface area contributed by atoms with Gasteiger partial charge in [0.05, 0.1) is 0 Å². The van der Waals surface area contributed by atoms with Crippen molar-refractivity contribution in [1.29, 1.82) is 0 Å². The van der Waals surface area contributed by atoms with Crippen molar-refractivity contribution in [3.8, 4) is 0 Å². The fourth-order valence-electron chi connectivity index (χ4n) is 4.60. The summed E-state index contributed by atoms with van der Waals surface area (Å²) in [5.41, 5.74) is 2.31. The van der Waals surface area contributed by atoms with Gasteiger partial charge in [-0.2, -0.15) is 5.06 Å². The Labute approximate surface area is 91.2 Å². The normalized spacial score (nSPS) is 54.3. The van der Waals surface area contributed by atoms with E-state index < -0.39 is 0 Å². The lowest BCUT2D eigenvalue weighted by atomic mass is 9.70. The molecule has 2 heteroatoms. The molecular formula is C13H19NO. The summed E-state index contributed by atoms with van der Waals surface area (Å²) in [5.74, 6) is 1.55. The molecule has 4 rings (SSSR count). The largest absolute Gasteiger partial charge is 0.271 e. The van der Waals surface area contributed by atoms with E-state index in [-0.39, 0.29) is 5.72 Å². The van der Waals surface area contributed by atoms with E-state index in [1.54, 1.807) is 5.57 Å². The molecule has 82 valence electrons. The molecule has 3 fully saturated rings. The first-order valence-corrected chi connectivity index (χ1v) is 6.30. The van der Waals surface area contributed by atoms with Crippen LogP contribution >= 0.6 is 0 Å². The molecule has 0 radical (unpaired) electrons. The van der Waals surface area contributed by atoms with Gasteiger partial charge in [0.15, 0.2) is 5.72 Å². The van der Waals surface area contributed by atoms with Crippen molar-refractivity contribution in [3.05, 3.63) is 11.6 Å². The molecule has 4 aliphatic rings. The van der Waals surface area contributed by atoms with E-state index in [2.05, 4.69) is 25.0 Å². The zero-order valence-corrected chi connectivity index (χ0v) is 9.62. The first-order chi connectivity index (χ1) is 7.14. The van der Waals surface area contributed by atoms with Gasteiger partial charge in [0.1, 0.15) is 0 Å². The first-order valence-electron chi connectivity index (χ1n) is 6.30. The Morgan fingerprint density at radius 1 is 1.47 bits per heavy atom. The van der Waals surface area contributed by atoms with Crippen LogP contribution in [0.5, 0.6) is 0 Å². The van der Waals surface area contributed by atoms with Crippen molar-refractivity contribution in [2.24, 2.45) is 17.3 Å². The molecule has 2 nitrogen and oxygen atoms in total. The Hall–Kier alpha value is -0.340. The Balaban J connectivity index is 1.89. The van der Waals surface area contributed by atoms with Gasteiger partial charge in [-0.1, -0.05) is 25.5 Å². The van der Waals surface area contributed by atoms with Crippen LogP contribution in [0.15, 0.2) is 11.6 Å². The fourth-order valence-corrected chi connectivity index (χ4v) is 4.60. The number of rotatable bonds is 0. The molecule has 4 unspecified atom stereocenters. The quantitative estimate of drug-likeness (QED) is 0.446. The predicted molar refractivity (Wildman–Crippen MR) is 57.8 cm³/mol. The summed E-state index contributed by atoms with van der Waals surface area (Å²) in [7, 11) is 0. The molecular weight excluding hydrogens is 186 g/mol. The maximum absolute atomic E-state index is 5.95. The monoisotopic (exact) mass is 205 g/mol. The Bertz CT molecular complexity index is 360. The van der Waals surface area contributed by atoms with Gasteiger partial charge in [-0.3, -0.25) is 4.84 Å². The van der Waals surface area contributed by atoms with Crippen molar-refractivity contribution in [3.63, 3.8) is 0 Å². The maximum atomic E-state index is 5.95. The Morgan fingerprint density at radius 3 is 3.20 bits per heavy atom. The summed E-state index contributed by atoms with van der Waals surface area (Å²) >= 11 is 0. The van der Waals surface area contributed by atoms with E-state index in [4.69, 9.17) is 4.84 Å². The number of hydrogen-bond acceptors (Lipinski definition) is 2. The van der Waals surface area contributed by atoms with E-state index in [1.165, 1.54) is 25.7 Å². The Kier molecular flexibility index (Phi) is 1.36. The van der Waals surface area contributed by atoms with Crippen LogP contribution in [0.3, 0.4) is 0 Å². The highest BCUT2D eigenvalue weighted by Crippen LogP contribution is 2.68. The average molecular weight is 205 g/mol. The smallest absolute Gasteiger partial charge is 0.172 e. The van der Waals surface area contributed by atoms with Crippen LogP contribution in [0.2, 0.25) is 0 Å². The summed E-state index contributed by atoms with van der Waals surface area (Å²) in [6, 6.07) is 0. The predicted octanol–water partition coefficient (Wildman–Crippen LogP) is 2.72. The molecule has 2 heterocycles. The molecule has 0 aromatic rings. The van der Waals surface area contributed by atoms with Gasteiger partial charge in [-0.05, 0) is 37.0 Å². The minimum absolute atomic E-state index is 0.151. The van der Waals surface area contributed by atoms with Gasteiger partial charge in [0.2, 0.25) is 0 Å². The van der Waals surface area contributed by atoms with E-state index in [0.717, 1.165) is 12.5 Å². The summed E-state index contributed by atoms with van der Waals surface area (Å²) < 4.78 is 0. The SMILES string of the molecule is CC1(C)C2CCC=C3CCN4OC4(C2)C31. The highest BCUT2D eigenvalue weighted by molar-refractivity contribution is 5.28. The van der Waals surface area contributed by atoms with Crippen LogP contribution in [0.25, 0.3) is 0 Å². The van der Waals surface area contributed by atoms with Crippen molar-refractivity contribution in [1.82, 2.24) is 5.06 Å². The minimum atomic E-state index is 0.151. The van der Waals surface area contributed by atoms with Gasteiger partial charge < -0.3 is 0 Å². The average Bonchev–Trinajstić information content (AvgIpc) is 2.83. The lowest BCUT2D eigenvalue weighted by Gasteiger charge is -2.35. The van der Waals surface area contributed by atoms with Gasteiger partial charge >= 0.3 is 0 Å². The van der Waals surface area contributed by atoms with E-state index in [0.29, 0.717) is 11.3 Å². The second kappa shape index (κ2) is 2.33. The molecule has 2 saturated heterocycles. The molecule has 2 aliphatic carbocycles. The van der Waals surface area contributed by atoms with Crippen molar-refractivity contribution < 1.29 is 4.84 Å². The first kappa shape index (κ1) is 8.77. The zero-order chi connectivity index (χ0) is 10.3. The number of nitrogens with zero attached hydrogens (tertiary/aromatic N) is 1. The van der Waals surface area contributed by atoms with E-state index in [1.807, 2.05) is 0 Å². The number of hydroxylamine groups is 2. The molecule has 0 aromatic carbocycles. The topological polar surface area (TPSA) is 15.5 Å². The van der Waals surface area contributed by atoms with Crippen molar-refractivity contribution in [2.45, 2.75) is 45.3 Å². The lowest BCUT2D eigenvalue weighted by Crippen LogP contribution is -2.37. The summed E-state index contributed by atoms with van der Waals surface area (Å²) in [5, 5.41) is 2.27. The molecule has 2 aliphatic heterocycles. The molecule has 0 aromatic heterocycles. The second-order valence-corrected chi connectivity index (χ2v) is 6.30. The maximum Gasteiger partial charge on any atom is 0.172 e. The van der Waals surface area contributed by atoms with Crippen LogP contribution in [0.1, 0.15) is 39.5 Å². The fraction of sp³-hybridized carbons (Fsp3) is 0.846. The van der Waals surface area contributed by atoms with Gasteiger partial charge in [-0.15, -0.1) is 0 Å². The molecule has 0 amide bonds. The van der Waals surface area contributed by atoms with Crippen LogP contribution < -0.4 is 0 Å². The summed E-state index contributed by atoms with van der Waals surface area (Å²) in [4.78, 5) is 5.95. The molecule has 0 N–H and O–H groups in total. The van der Waals surface area contributed by atoms with E-state index in [9.17, 15) is 0 Å². The van der Waals surface area contributed by atoms with Crippen LogP contribution in [-0.2, 0) is 4.84 Å². The number of piperidine rings is 1. The molecule has 1 saturated carbocycles. The van der Waals surface area contributed by atoms with Crippen molar-refractivity contribution >= 4 is 0 Å². The van der Waals surface area contributed by atoms with Crippen LogP contribution in [-0.4, -0.2) is 17.3 Å². The van der Waals surface area contributed by atoms with Crippen LogP contribution in [0.4, 0.5) is 0 Å². The third kappa shape index (κ3) is 0.853. The summed E-state index contributed by atoms with van der Waals surface area (Å²) in [6.07, 6.45) is 7.71. The number of fused-ring (bicyclic) bond motifs is 1. The highest BCUT2D eigenvalue weighted by Gasteiger charge is 2.73. The number of hydrogen-bond donors (Lipinski definition) is 0. The van der Waals surface area contributed by atoms with Gasteiger partial charge in [-0.25, -0.2) is 0 Å².